The van der Waals surface area contributed by atoms with Gasteiger partial charge in [0.1, 0.15) is 0 Å². The fourth-order valence-corrected chi connectivity index (χ4v) is 0.778. The predicted octanol–water partition coefficient (Wildman–Crippen LogP) is 0.797. The van der Waals surface area contributed by atoms with Gasteiger partial charge in [-0.15, -0.1) is 0 Å². The first-order valence-electron chi connectivity index (χ1n) is 3.34. The number of pyridine rings is 1. The van der Waals surface area contributed by atoms with E-state index in [0.29, 0.717) is 5.56 Å². The van der Waals surface area contributed by atoms with Crippen LogP contribution in [0.25, 0.3) is 0 Å². The van der Waals surface area contributed by atoms with Crippen LogP contribution in [0.2, 0.25) is 0 Å². The highest BCUT2D eigenvalue weighted by Gasteiger charge is 2.01. The average Bonchev–Trinajstić information content (AvgIpc) is 1.94. The lowest BCUT2D eigenvalue weighted by atomic mass is 10.1. The second kappa shape index (κ2) is 2.70. The van der Waals surface area contributed by atoms with Gasteiger partial charge in [0.15, 0.2) is 0 Å². The molecule has 0 aromatic carbocycles. The molecule has 0 saturated heterocycles. The molecule has 0 fully saturated rings. The van der Waals surface area contributed by atoms with E-state index in [1.54, 1.807) is 6.07 Å². The SMILES string of the molecule is Cc1cc(C(N)=O)cnc1C. The highest BCUT2D eigenvalue weighted by atomic mass is 16.1. The summed E-state index contributed by atoms with van der Waals surface area (Å²) in [5.74, 6) is -0.430. The summed E-state index contributed by atoms with van der Waals surface area (Å²) in [5.41, 5.74) is 7.43. The molecule has 3 nitrogen and oxygen atoms in total. The van der Waals surface area contributed by atoms with Crippen LogP contribution in [-0.4, -0.2) is 10.9 Å². The van der Waals surface area contributed by atoms with Crippen molar-refractivity contribution in [2.45, 2.75) is 13.8 Å². The molecule has 0 spiro atoms. The number of carbonyl (C=O) groups excluding carboxylic acids is 1. The van der Waals surface area contributed by atoms with Crippen molar-refractivity contribution < 1.29 is 4.79 Å². The second-order valence-electron chi connectivity index (χ2n) is 2.49. The molecular weight excluding hydrogens is 140 g/mol. The Bertz CT molecular complexity index is 294. The Labute approximate surface area is 65.2 Å². The largest absolute Gasteiger partial charge is 0.366 e. The van der Waals surface area contributed by atoms with E-state index in [4.69, 9.17) is 5.73 Å². The van der Waals surface area contributed by atoms with Crippen molar-refractivity contribution >= 4 is 5.91 Å². The topological polar surface area (TPSA) is 56.0 Å². The van der Waals surface area contributed by atoms with Crippen LogP contribution >= 0.6 is 0 Å². The summed E-state index contributed by atoms with van der Waals surface area (Å²) in [6.45, 7) is 3.79. The van der Waals surface area contributed by atoms with Gasteiger partial charge in [0.2, 0.25) is 5.91 Å². The molecule has 1 heterocycles. The van der Waals surface area contributed by atoms with E-state index in [2.05, 4.69) is 4.98 Å². The molecule has 0 aliphatic heterocycles. The minimum atomic E-state index is -0.430. The maximum Gasteiger partial charge on any atom is 0.250 e. The van der Waals surface area contributed by atoms with Gasteiger partial charge in [-0.2, -0.15) is 0 Å². The molecule has 2 N–H and O–H groups in total. The molecule has 58 valence electrons. The number of aromatic nitrogens is 1. The van der Waals surface area contributed by atoms with Gasteiger partial charge in [-0.3, -0.25) is 9.78 Å². The summed E-state index contributed by atoms with van der Waals surface area (Å²) in [5, 5.41) is 0. The monoisotopic (exact) mass is 150 g/mol. The number of hydrogen-bond acceptors (Lipinski definition) is 2. The van der Waals surface area contributed by atoms with Crippen molar-refractivity contribution in [2.75, 3.05) is 0 Å². The molecule has 1 amide bonds. The molecule has 0 aliphatic carbocycles. The maximum absolute atomic E-state index is 10.6. The highest BCUT2D eigenvalue weighted by molar-refractivity contribution is 5.92. The zero-order valence-corrected chi connectivity index (χ0v) is 6.59. The van der Waals surface area contributed by atoms with Crippen LogP contribution in [0.4, 0.5) is 0 Å². The van der Waals surface area contributed by atoms with Crippen molar-refractivity contribution in [3.8, 4) is 0 Å². The number of aryl methyl sites for hydroxylation is 2. The standard InChI is InChI=1S/C8H10N2O/c1-5-3-7(8(9)11)4-10-6(5)2/h3-4H,1-2H3,(H2,9,11). The van der Waals surface area contributed by atoms with E-state index < -0.39 is 5.91 Å². The molecule has 1 aromatic heterocycles. The Morgan fingerprint density at radius 2 is 2.18 bits per heavy atom. The first kappa shape index (κ1) is 7.72. The van der Waals surface area contributed by atoms with Gasteiger partial charge >= 0.3 is 0 Å². The van der Waals surface area contributed by atoms with Crippen LogP contribution in [0.1, 0.15) is 21.6 Å². The molecule has 1 rings (SSSR count). The Kier molecular flexibility index (Phi) is 1.89. The second-order valence-corrected chi connectivity index (χ2v) is 2.49. The third-order valence-corrected chi connectivity index (χ3v) is 1.62. The van der Waals surface area contributed by atoms with Crippen LogP contribution in [0, 0.1) is 13.8 Å². The van der Waals surface area contributed by atoms with E-state index in [-0.39, 0.29) is 0 Å². The van der Waals surface area contributed by atoms with Gasteiger partial charge in [0, 0.05) is 11.9 Å². The number of nitrogens with two attached hydrogens (primary N) is 1. The number of amides is 1. The third-order valence-electron chi connectivity index (χ3n) is 1.62. The Morgan fingerprint density at radius 3 is 2.64 bits per heavy atom. The van der Waals surface area contributed by atoms with E-state index in [0.717, 1.165) is 11.3 Å². The maximum atomic E-state index is 10.6. The van der Waals surface area contributed by atoms with E-state index in [9.17, 15) is 4.79 Å². The molecule has 0 unspecified atom stereocenters. The fourth-order valence-electron chi connectivity index (χ4n) is 0.778. The highest BCUT2D eigenvalue weighted by Crippen LogP contribution is 2.04. The first-order chi connectivity index (χ1) is 5.11. The summed E-state index contributed by atoms with van der Waals surface area (Å²) in [4.78, 5) is 14.6. The van der Waals surface area contributed by atoms with E-state index in [1.807, 2.05) is 13.8 Å². The molecule has 0 atom stereocenters. The van der Waals surface area contributed by atoms with Crippen LogP contribution in [0.15, 0.2) is 12.3 Å². The number of carbonyl (C=O) groups is 1. The smallest absolute Gasteiger partial charge is 0.250 e. The molecule has 3 heteroatoms. The minimum absolute atomic E-state index is 0.430. The quantitative estimate of drug-likeness (QED) is 0.643. The zero-order chi connectivity index (χ0) is 8.43. The number of hydrogen-bond donors (Lipinski definition) is 1. The normalized spacial score (nSPS) is 9.64. The molecule has 1 aromatic rings. The average molecular weight is 150 g/mol. The van der Waals surface area contributed by atoms with Crippen molar-refractivity contribution in [1.29, 1.82) is 0 Å². The lowest BCUT2D eigenvalue weighted by Gasteiger charge is -1.99. The number of nitrogens with zero attached hydrogens (tertiary/aromatic N) is 1. The molecular formula is C8H10N2O. The Morgan fingerprint density at radius 1 is 1.55 bits per heavy atom. The third kappa shape index (κ3) is 1.55. The van der Waals surface area contributed by atoms with Crippen molar-refractivity contribution in [2.24, 2.45) is 5.73 Å². The summed E-state index contributed by atoms with van der Waals surface area (Å²) in [6, 6.07) is 1.74. The molecule has 0 saturated carbocycles. The van der Waals surface area contributed by atoms with Crippen LogP contribution in [0.3, 0.4) is 0 Å². The van der Waals surface area contributed by atoms with Gasteiger partial charge in [-0.1, -0.05) is 0 Å². The van der Waals surface area contributed by atoms with Crippen molar-refractivity contribution in [3.05, 3.63) is 29.1 Å². The van der Waals surface area contributed by atoms with Crippen molar-refractivity contribution in [3.63, 3.8) is 0 Å². The number of primary amides is 1. The zero-order valence-electron chi connectivity index (χ0n) is 6.59. The van der Waals surface area contributed by atoms with Gasteiger partial charge < -0.3 is 5.73 Å². The van der Waals surface area contributed by atoms with E-state index in [1.165, 1.54) is 6.20 Å². The Balaban J connectivity index is 3.15. The molecule has 0 radical (unpaired) electrons. The molecule has 11 heavy (non-hydrogen) atoms. The van der Waals surface area contributed by atoms with Gasteiger partial charge in [-0.05, 0) is 25.5 Å². The fraction of sp³-hybridized carbons (Fsp3) is 0.250. The summed E-state index contributed by atoms with van der Waals surface area (Å²) in [7, 11) is 0. The number of rotatable bonds is 1. The Hall–Kier alpha value is -1.38. The summed E-state index contributed by atoms with van der Waals surface area (Å²) in [6.07, 6.45) is 1.49. The van der Waals surface area contributed by atoms with Gasteiger partial charge in [-0.25, -0.2) is 0 Å². The van der Waals surface area contributed by atoms with Gasteiger partial charge in [0.25, 0.3) is 0 Å². The molecule has 0 bridgehead atoms. The van der Waals surface area contributed by atoms with Crippen LogP contribution < -0.4 is 5.73 Å². The minimum Gasteiger partial charge on any atom is -0.366 e. The van der Waals surface area contributed by atoms with Crippen molar-refractivity contribution in [1.82, 2.24) is 4.98 Å². The van der Waals surface area contributed by atoms with Crippen LogP contribution in [0.5, 0.6) is 0 Å². The lowest BCUT2D eigenvalue weighted by Crippen LogP contribution is -2.11. The summed E-state index contributed by atoms with van der Waals surface area (Å²) < 4.78 is 0. The molecule has 0 aliphatic rings. The van der Waals surface area contributed by atoms with E-state index >= 15 is 0 Å². The predicted molar refractivity (Wildman–Crippen MR) is 42.2 cm³/mol. The van der Waals surface area contributed by atoms with Gasteiger partial charge in [0.05, 0.1) is 5.56 Å². The lowest BCUT2D eigenvalue weighted by molar-refractivity contribution is 0.1000. The first-order valence-corrected chi connectivity index (χ1v) is 3.34. The summed E-state index contributed by atoms with van der Waals surface area (Å²) >= 11 is 0. The van der Waals surface area contributed by atoms with Crippen LogP contribution in [-0.2, 0) is 0 Å².